The third kappa shape index (κ3) is 4.70. The highest BCUT2D eigenvalue weighted by Gasteiger charge is 2.38. The number of likely N-dealkylation sites (tertiary alicyclic amines) is 1. The third-order valence-corrected chi connectivity index (χ3v) is 6.70. The molecular formula is C19H25N3O5S. The van der Waals surface area contributed by atoms with E-state index in [1.54, 1.807) is 0 Å². The van der Waals surface area contributed by atoms with Crippen molar-refractivity contribution in [2.45, 2.75) is 56.4 Å². The molecule has 0 spiro atoms. The maximum atomic E-state index is 12.6. The minimum atomic E-state index is -3.91. The van der Waals surface area contributed by atoms with Gasteiger partial charge in [-0.2, -0.15) is 0 Å². The Kier molecular flexibility index (Phi) is 6.02. The fourth-order valence-electron chi connectivity index (χ4n) is 3.86. The molecular weight excluding hydrogens is 382 g/mol. The monoisotopic (exact) mass is 407 g/mol. The first-order chi connectivity index (χ1) is 13.3. The summed E-state index contributed by atoms with van der Waals surface area (Å²) in [7, 11) is -3.91. The van der Waals surface area contributed by atoms with Gasteiger partial charge >= 0.3 is 0 Å². The molecule has 0 bridgehead atoms. The zero-order chi connectivity index (χ0) is 20.3. The molecule has 28 heavy (non-hydrogen) atoms. The minimum absolute atomic E-state index is 0.0313. The smallest absolute Gasteiger partial charge is 0.264 e. The summed E-state index contributed by atoms with van der Waals surface area (Å²) in [5, 5.41) is 2.75. The Morgan fingerprint density at radius 3 is 2.32 bits per heavy atom. The summed E-state index contributed by atoms with van der Waals surface area (Å²) >= 11 is 0. The van der Waals surface area contributed by atoms with Crippen LogP contribution in [0.3, 0.4) is 0 Å². The molecule has 1 aromatic carbocycles. The van der Waals surface area contributed by atoms with Crippen LogP contribution in [0, 0.1) is 5.92 Å². The van der Waals surface area contributed by atoms with Crippen molar-refractivity contribution in [3.05, 3.63) is 24.3 Å². The predicted octanol–water partition coefficient (Wildman–Crippen LogP) is 1.63. The van der Waals surface area contributed by atoms with Crippen molar-refractivity contribution in [1.29, 1.82) is 0 Å². The van der Waals surface area contributed by atoms with Gasteiger partial charge in [0.05, 0.1) is 10.8 Å². The maximum absolute atomic E-state index is 12.6. The highest BCUT2D eigenvalue weighted by Crippen LogP contribution is 2.29. The SMILES string of the molecule is CC(=O)NS(=O)(=O)c1ccc(NC(=O)C2CC(=O)N(C3CCCCC3)C2)cc1. The van der Waals surface area contributed by atoms with Crippen molar-refractivity contribution < 1.29 is 22.8 Å². The Balaban J connectivity index is 1.60. The number of amides is 3. The fraction of sp³-hybridized carbons (Fsp3) is 0.526. The summed E-state index contributed by atoms with van der Waals surface area (Å²) in [6.07, 6.45) is 5.67. The zero-order valence-corrected chi connectivity index (χ0v) is 16.6. The largest absolute Gasteiger partial charge is 0.339 e. The third-order valence-electron chi connectivity index (χ3n) is 5.25. The number of nitrogens with zero attached hydrogens (tertiary/aromatic N) is 1. The molecule has 1 atom stereocenters. The van der Waals surface area contributed by atoms with Gasteiger partial charge in [0.1, 0.15) is 0 Å². The van der Waals surface area contributed by atoms with Gasteiger partial charge in [0, 0.05) is 31.6 Å². The molecule has 3 rings (SSSR count). The zero-order valence-electron chi connectivity index (χ0n) is 15.8. The van der Waals surface area contributed by atoms with Crippen molar-refractivity contribution in [1.82, 2.24) is 9.62 Å². The van der Waals surface area contributed by atoms with Crippen LogP contribution in [0.1, 0.15) is 45.4 Å². The standard InChI is InChI=1S/C19H25N3O5S/c1-13(23)21-28(26,27)17-9-7-15(8-10-17)20-19(25)14-11-18(24)22(12-14)16-5-3-2-4-6-16/h7-10,14,16H,2-6,11-12H2,1H3,(H,20,25)(H,21,23). The van der Waals surface area contributed by atoms with Crippen LogP contribution in [0.4, 0.5) is 5.69 Å². The Hall–Kier alpha value is -2.42. The number of sulfonamides is 1. The summed E-state index contributed by atoms with van der Waals surface area (Å²) in [5.74, 6) is -1.30. The van der Waals surface area contributed by atoms with Crippen LogP contribution in [-0.4, -0.2) is 43.6 Å². The minimum Gasteiger partial charge on any atom is -0.339 e. The number of nitrogens with one attached hydrogen (secondary N) is 2. The summed E-state index contributed by atoms with van der Waals surface area (Å²) < 4.78 is 25.8. The van der Waals surface area contributed by atoms with Gasteiger partial charge in [0.25, 0.3) is 10.0 Å². The second-order valence-electron chi connectivity index (χ2n) is 7.41. The van der Waals surface area contributed by atoms with Gasteiger partial charge in [-0.1, -0.05) is 19.3 Å². The average molecular weight is 407 g/mol. The molecule has 2 N–H and O–H groups in total. The summed E-state index contributed by atoms with van der Waals surface area (Å²) in [6, 6.07) is 5.80. The number of rotatable bonds is 5. The van der Waals surface area contributed by atoms with Crippen molar-refractivity contribution in [3.63, 3.8) is 0 Å². The van der Waals surface area contributed by atoms with Crippen LogP contribution in [0.5, 0.6) is 0 Å². The van der Waals surface area contributed by atoms with E-state index in [0.29, 0.717) is 12.2 Å². The molecule has 0 aromatic heterocycles. The lowest BCUT2D eigenvalue weighted by molar-refractivity contribution is -0.130. The fourth-order valence-corrected chi connectivity index (χ4v) is 4.85. The number of hydrogen-bond donors (Lipinski definition) is 2. The Morgan fingerprint density at radius 1 is 1.07 bits per heavy atom. The van der Waals surface area contributed by atoms with Crippen LogP contribution in [0.25, 0.3) is 0 Å². The van der Waals surface area contributed by atoms with E-state index in [2.05, 4.69) is 5.32 Å². The number of hydrogen-bond acceptors (Lipinski definition) is 5. The van der Waals surface area contributed by atoms with Crippen molar-refractivity contribution >= 4 is 33.4 Å². The Morgan fingerprint density at radius 2 is 1.71 bits per heavy atom. The van der Waals surface area contributed by atoms with Gasteiger partial charge in [0.15, 0.2) is 0 Å². The van der Waals surface area contributed by atoms with Crippen LogP contribution in [0.2, 0.25) is 0 Å². The second-order valence-corrected chi connectivity index (χ2v) is 9.10. The number of carbonyl (C=O) groups is 3. The second kappa shape index (κ2) is 8.30. The molecule has 1 heterocycles. The normalized spacial score (nSPS) is 20.8. The molecule has 1 aliphatic carbocycles. The topological polar surface area (TPSA) is 113 Å². The van der Waals surface area contributed by atoms with E-state index in [9.17, 15) is 22.8 Å². The molecule has 1 aliphatic heterocycles. The first-order valence-electron chi connectivity index (χ1n) is 9.50. The van der Waals surface area contributed by atoms with Crippen molar-refractivity contribution in [2.24, 2.45) is 5.92 Å². The Bertz CT molecular complexity index is 860. The van der Waals surface area contributed by atoms with Crippen molar-refractivity contribution in [3.8, 4) is 0 Å². The molecule has 1 aromatic rings. The highest BCUT2D eigenvalue weighted by molar-refractivity contribution is 7.90. The lowest BCUT2D eigenvalue weighted by Gasteiger charge is -2.31. The van der Waals surface area contributed by atoms with Gasteiger partial charge in [-0.15, -0.1) is 0 Å². The van der Waals surface area contributed by atoms with E-state index in [1.165, 1.54) is 30.7 Å². The molecule has 3 amide bonds. The molecule has 0 radical (unpaired) electrons. The molecule has 152 valence electrons. The quantitative estimate of drug-likeness (QED) is 0.770. The van der Waals surface area contributed by atoms with Crippen LogP contribution in [0.15, 0.2) is 29.2 Å². The molecule has 8 nitrogen and oxygen atoms in total. The number of anilines is 1. The Labute approximate surface area is 164 Å². The maximum Gasteiger partial charge on any atom is 0.264 e. The highest BCUT2D eigenvalue weighted by atomic mass is 32.2. The summed E-state index contributed by atoms with van der Waals surface area (Å²) in [4.78, 5) is 37.6. The van der Waals surface area contributed by atoms with Gasteiger partial charge in [-0.25, -0.2) is 13.1 Å². The van der Waals surface area contributed by atoms with Gasteiger partial charge in [-0.3, -0.25) is 14.4 Å². The van der Waals surface area contributed by atoms with Crippen LogP contribution < -0.4 is 10.0 Å². The predicted molar refractivity (Wildman–Crippen MR) is 103 cm³/mol. The lowest BCUT2D eigenvalue weighted by Crippen LogP contribution is -2.38. The molecule has 1 saturated heterocycles. The van der Waals surface area contributed by atoms with Crippen LogP contribution >= 0.6 is 0 Å². The van der Waals surface area contributed by atoms with Gasteiger partial charge < -0.3 is 10.2 Å². The molecule has 2 fully saturated rings. The molecule has 1 saturated carbocycles. The van der Waals surface area contributed by atoms with Crippen LogP contribution in [-0.2, 0) is 24.4 Å². The average Bonchev–Trinajstić information content (AvgIpc) is 3.04. The molecule has 2 aliphatic rings. The molecule has 9 heteroatoms. The van der Waals surface area contributed by atoms with E-state index < -0.39 is 21.8 Å². The summed E-state index contributed by atoms with van der Waals surface area (Å²) in [6.45, 7) is 1.55. The number of benzene rings is 1. The van der Waals surface area contributed by atoms with E-state index in [-0.39, 0.29) is 29.2 Å². The first kappa shape index (κ1) is 20.3. The van der Waals surface area contributed by atoms with Gasteiger partial charge in [-0.05, 0) is 37.1 Å². The van der Waals surface area contributed by atoms with E-state index in [4.69, 9.17) is 0 Å². The van der Waals surface area contributed by atoms with E-state index in [0.717, 1.165) is 32.6 Å². The first-order valence-corrected chi connectivity index (χ1v) is 11.0. The van der Waals surface area contributed by atoms with Gasteiger partial charge in [0.2, 0.25) is 17.7 Å². The van der Waals surface area contributed by atoms with E-state index >= 15 is 0 Å². The lowest BCUT2D eigenvalue weighted by atomic mass is 9.94. The van der Waals surface area contributed by atoms with Crippen molar-refractivity contribution in [2.75, 3.05) is 11.9 Å². The number of carbonyl (C=O) groups excluding carboxylic acids is 3. The van der Waals surface area contributed by atoms with E-state index in [1.807, 2.05) is 9.62 Å². The molecule has 1 unspecified atom stereocenters. The summed E-state index contributed by atoms with van der Waals surface area (Å²) in [5.41, 5.74) is 0.440.